The van der Waals surface area contributed by atoms with Gasteiger partial charge in [0.2, 0.25) is 0 Å². The van der Waals surface area contributed by atoms with Gasteiger partial charge in [-0.2, -0.15) is 0 Å². The van der Waals surface area contributed by atoms with Crippen LogP contribution in [-0.4, -0.2) is 23.2 Å². The maximum Gasteiger partial charge on any atom is 0.339 e. The molecule has 0 aromatic heterocycles. The molecule has 24 heavy (non-hydrogen) atoms. The number of carbonyl (C=O) groups is 1. The van der Waals surface area contributed by atoms with Crippen molar-refractivity contribution in [2.75, 3.05) is 11.9 Å². The van der Waals surface area contributed by atoms with E-state index in [1.807, 2.05) is 0 Å². The summed E-state index contributed by atoms with van der Waals surface area (Å²) in [5.41, 5.74) is 1.11. The van der Waals surface area contributed by atoms with E-state index in [4.69, 9.17) is 28.6 Å². The third-order valence-electron chi connectivity index (χ3n) is 4.68. The maximum absolute atomic E-state index is 11.9. The van der Waals surface area contributed by atoms with E-state index in [0.29, 0.717) is 28.2 Å². The highest BCUT2D eigenvalue weighted by molar-refractivity contribution is 7.80. The fourth-order valence-corrected chi connectivity index (χ4v) is 3.73. The fraction of sp³-hybridized carbons (Fsp3) is 0.556. The van der Waals surface area contributed by atoms with Crippen LogP contribution in [0.5, 0.6) is 0 Å². The number of rotatable bonds is 5. The number of nitrogens with one attached hydrogen (secondary N) is 2. The lowest BCUT2D eigenvalue weighted by Gasteiger charge is -2.35. The molecule has 132 valence electrons. The first-order valence-corrected chi connectivity index (χ1v) is 9.22. The van der Waals surface area contributed by atoms with Crippen LogP contribution >= 0.6 is 23.8 Å². The van der Waals surface area contributed by atoms with Crippen molar-refractivity contribution in [1.82, 2.24) is 5.32 Å². The molecule has 1 aromatic rings. The molecule has 0 saturated heterocycles. The van der Waals surface area contributed by atoms with E-state index >= 15 is 0 Å². The van der Waals surface area contributed by atoms with Crippen LogP contribution in [0, 0.1) is 5.92 Å². The van der Waals surface area contributed by atoms with E-state index in [9.17, 15) is 4.79 Å². The lowest BCUT2D eigenvalue weighted by atomic mass is 9.85. The van der Waals surface area contributed by atoms with E-state index in [-0.39, 0.29) is 5.54 Å². The van der Waals surface area contributed by atoms with Crippen molar-refractivity contribution in [2.24, 2.45) is 5.92 Å². The molecule has 1 aliphatic carbocycles. The zero-order chi connectivity index (χ0) is 17.7. The van der Waals surface area contributed by atoms with Gasteiger partial charge in [-0.3, -0.25) is 0 Å². The van der Waals surface area contributed by atoms with Crippen LogP contribution in [0.4, 0.5) is 5.69 Å². The SMILES string of the molecule is CCOC(=O)c1cc(NC(=S)NC2(C(C)C)CCCC2)ccc1Cl. The highest BCUT2D eigenvalue weighted by Gasteiger charge is 2.37. The van der Waals surface area contributed by atoms with Gasteiger partial charge < -0.3 is 15.4 Å². The number of esters is 1. The third kappa shape index (κ3) is 4.39. The van der Waals surface area contributed by atoms with Crippen LogP contribution in [0.25, 0.3) is 0 Å². The monoisotopic (exact) mass is 368 g/mol. The molecule has 0 bridgehead atoms. The Balaban J connectivity index is 2.09. The van der Waals surface area contributed by atoms with Gasteiger partial charge in [-0.25, -0.2) is 4.79 Å². The quantitative estimate of drug-likeness (QED) is 0.579. The van der Waals surface area contributed by atoms with Crippen molar-refractivity contribution in [3.63, 3.8) is 0 Å². The van der Waals surface area contributed by atoms with Crippen LogP contribution in [0.3, 0.4) is 0 Å². The zero-order valence-electron chi connectivity index (χ0n) is 14.4. The molecule has 2 rings (SSSR count). The van der Waals surface area contributed by atoms with Gasteiger partial charge in [-0.1, -0.05) is 38.3 Å². The number of benzene rings is 1. The smallest absolute Gasteiger partial charge is 0.339 e. The highest BCUT2D eigenvalue weighted by atomic mass is 35.5. The van der Waals surface area contributed by atoms with E-state index in [0.717, 1.165) is 18.5 Å². The molecule has 1 aromatic carbocycles. The zero-order valence-corrected chi connectivity index (χ0v) is 16.0. The van der Waals surface area contributed by atoms with Crippen molar-refractivity contribution in [1.29, 1.82) is 0 Å². The first kappa shape index (κ1) is 19.0. The van der Waals surface area contributed by atoms with Crippen LogP contribution in [-0.2, 0) is 4.74 Å². The molecule has 1 aliphatic rings. The first-order valence-electron chi connectivity index (χ1n) is 8.44. The molecule has 0 heterocycles. The fourth-order valence-electron chi connectivity index (χ4n) is 3.21. The van der Waals surface area contributed by atoms with Gasteiger partial charge in [0.05, 0.1) is 17.2 Å². The van der Waals surface area contributed by atoms with Gasteiger partial charge in [-0.15, -0.1) is 0 Å². The van der Waals surface area contributed by atoms with Crippen LogP contribution in [0.1, 0.15) is 56.8 Å². The van der Waals surface area contributed by atoms with E-state index < -0.39 is 5.97 Å². The standard InChI is InChI=1S/C18H25ClN2O2S/c1-4-23-16(22)14-11-13(7-8-15(14)19)20-17(24)21-18(12(2)3)9-5-6-10-18/h7-8,11-12H,4-6,9-10H2,1-3H3,(H2,20,21,24). The van der Waals surface area contributed by atoms with Crippen LogP contribution in [0.15, 0.2) is 18.2 Å². The summed E-state index contributed by atoms with van der Waals surface area (Å²) in [5.74, 6) is 0.0690. The maximum atomic E-state index is 11.9. The summed E-state index contributed by atoms with van der Waals surface area (Å²) in [6, 6.07) is 5.15. The van der Waals surface area contributed by atoms with Crippen molar-refractivity contribution >= 4 is 40.6 Å². The van der Waals surface area contributed by atoms with Gasteiger partial charge >= 0.3 is 5.97 Å². The Labute approximate surface area is 154 Å². The summed E-state index contributed by atoms with van der Waals surface area (Å²) < 4.78 is 5.02. The molecule has 0 unspecified atom stereocenters. The minimum Gasteiger partial charge on any atom is -0.462 e. The number of ether oxygens (including phenoxy) is 1. The van der Waals surface area contributed by atoms with Crippen molar-refractivity contribution in [2.45, 2.75) is 52.0 Å². The molecule has 6 heteroatoms. The molecular formula is C18H25ClN2O2S. The summed E-state index contributed by atoms with van der Waals surface area (Å²) in [6.45, 7) is 6.52. The van der Waals surface area contributed by atoms with Crippen molar-refractivity contribution in [3.8, 4) is 0 Å². The number of thiocarbonyl (C=S) groups is 1. The Hall–Kier alpha value is -1.33. The number of hydrogen-bond acceptors (Lipinski definition) is 3. The normalized spacial score (nSPS) is 16.0. The summed E-state index contributed by atoms with van der Waals surface area (Å²) >= 11 is 11.6. The second-order valence-electron chi connectivity index (χ2n) is 6.51. The average molecular weight is 369 g/mol. The molecule has 1 saturated carbocycles. The lowest BCUT2D eigenvalue weighted by molar-refractivity contribution is 0.0526. The summed E-state index contributed by atoms with van der Waals surface area (Å²) in [4.78, 5) is 11.9. The highest BCUT2D eigenvalue weighted by Crippen LogP contribution is 2.36. The Bertz CT molecular complexity index is 613. The van der Waals surface area contributed by atoms with Crippen LogP contribution in [0.2, 0.25) is 5.02 Å². The van der Waals surface area contributed by atoms with Gasteiger partial charge in [0.25, 0.3) is 0 Å². The molecule has 1 fully saturated rings. The predicted octanol–water partition coefficient (Wildman–Crippen LogP) is 4.77. The number of halogens is 1. The Morgan fingerprint density at radius 3 is 2.62 bits per heavy atom. The van der Waals surface area contributed by atoms with Gasteiger partial charge in [-0.05, 0) is 56.1 Å². The summed E-state index contributed by atoms with van der Waals surface area (Å²) in [5, 5.41) is 7.61. The molecule has 4 nitrogen and oxygen atoms in total. The van der Waals surface area contributed by atoms with E-state index in [1.165, 1.54) is 12.8 Å². The molecule has 0 spiro atoms. The van der Waals surface area contributed by atoms with Crippen molar-refractivity contribution in [3.05, 3.63) is 28.8 Å². The second kappa shape index (κ2) is 8.17. The molecule has 2 N–H and O–H groups in total. The Kier molecular flexibility index (Phi) is 6.47. The molecular weight excluding hydrogens is 344 g/mol. The van der Waals surface area contributed by atoms with Gasteiger partial charge in [0, 0.05) is 11.2 Å². The average Bonchev–Trinajstić information content (AvgIpc) is 2.99. The molecule has 0 radical (unpaired) electrons. The Morgan fingerprint density at radius 2 is 2.04 bits per heavy atom. The van der Waals surface area contributed by atoms with E-state index in [1.54, 1.807) is 25.1 Å². The minimum atomic E-state index is -0.431. The topological polar surface area (TPSA) is 50.4 Å². The van der Waals surface area contributed by atoms with Gasteiger partial charge in [0.15, 0.2) is 5.11 Å². The largest absolute Gasteiger partial charge is 0.462 e. The molecule has 0 amide bonds. The van der Waals surface area contributed by atoms with Crippen molar-refractivity contribution < 1.29 is 9.53 Å². The number of hydrogen-bond donors (Lipinski definition) is 2. The van der Waals surface area contributed by atoms with E-state index in [2.05, 4.69) is 24.5 Å². The lowest BCUT2D eigenvalue weighted by Crippen LogP contribution is -2.51. The third-order valence-corrected chi connectivity index (χ3v) is 5.22. The van der Waals surface area contributed by atoms with Crippen LogP contribution < -0.4 is 10.6 Å². The van der Waals surface area contributed by atoms with Gasteiger partial charge in [0.1, 0.15) is 0 Å². The molecule has 0 aliphatic heterocycles. The summed E-state index contributed by atoms with van der Waals surface area (Å²) in [6.07, 6.45) is 4.70. The predicted molar refractivity (Wildman–Crippen MR) is 103 cm³/mol. The minimum absolute atomic E-state index is 0.0560. The molecule has 0 atom stereocenters. The number of anilines is 1. The second-order valence-corrected chi connectivity index (χ2v) is 7.33. The number of carbonyl (C=O) groups excluding carboxylic acids is 1. The summed E-state index contributed by atoms with van der Waals surface area (Å²) in [7, 11) is 0. The Morgan fingerprint density at radius 1 is 1.38 bits per heavy atom. The first-order chi connectivity index (χ1) is 11.4.